The number of benzene rings is 1. The maximum atomic E-state index is 12.8. The van der Waals surface area contributed by atoms with Crippen LogP contribution < -0.4 is 21.7 Å². The van der Waals surface area contributed by atoms with Gasteiger partial charge >= 0.3 is 5.97 Å². The molecule has 1 aromatic carbocycles. The van der Waals surface area contributed by atoms with Crippen molar-refractivity contribution in [1.82, 2.24) is 16.0 Å². The number of hydrogen-bond donors (Lipinski definition) is 6. The molecular weight excluding hydrogens is 468 g/mol. The fourth-order valence-electron chi connectivity index (χ4n) is 2.76. The third-order valence-electron chi connectivity index (χ3n) is 4.65. The highest BCUT2D eigenvalue weighted by atomic mass is 32.2. The molecule has 0 radical (unpaired) electrons. The number of amides is 3. The monoisotopic (exact) mass is 500 g/mol. The molecule has 3 amide bonds. The van der Waals surface area contributed by atoms with Crippen molar-refractivity contribution in [3.05, 3.63) is 29.8 Å². The Hall–Kier alpha value is -2.44. The number of nitrogens with one attached hydrogen (secondary N) is 3. The summed E-state index contributed by atoms with van der Waals surface area (Å²) in [5.41, 5.74) is 6.38. The number of thioether (sulfide) groups is 2. The summed E-state index contributed by atoms with van der Waals surface area (Å²) in [5.74, 6) is -1.57. The average Bonchev–Trinajstić information content (AvgIpc) is 2.79. The van der Waals surface area contributed by atoms with Gasteiger partial charge in [-0.05, 0) is 54.6 Å². The Morgan fingerprint density at radius 3 is 2.12 bits per heavy atom. The van der Waals surface area contributed by atoms with E-state index in [4.69, 9.17) is 5.73 Å². The number of nitrogens with two attached hydrogens (primary N) is 1. The highest BCUT2D eigenvalue weighted by Crippen LogP contribution is 2.12. The summed E-state index contributed by atoms with van der Waals surface area (Å²) in [6.07, 6.45) is 4.51. The van der Waals surface area contributed by atoms with Crippen molar-refractivity contribution in [3.63, 3.8) is 0 Å². The smallest absolute Gasteiger partial charge is 0.326 e. The fraction of sp³-hybridized carbons (Fsp3) is 0.524. The minimum Gasteiger partial charge on any atom is -0.508 e. The lowest BCUT2D eigenvalue weighted by Crippen LogP contribution is -2.54. The van der Waals surface area contributed by atoms with E-state index in [-0.39, 0.29) is 25.1 Å². The van der Waals surface area contributed by atoms with Gasteiger partial charge in [0, 0.05) is 6.42 Å². The first-order valence-corrected chi connectivity index (χ1v) is 13.1. The van der Waals surface area contributed by atoms with Crippen LogP contribution in [0.1, 0.15) is 18.4 Å². The first-order chi connectivity index (χ1) is 15.7. The van der Waals surface area contributed by atoms with Crippen molar-refractivity contribution >= 4 is 47.2 Å². The zero-order chi connectivity index (χ0) is 24.8. The second-order valence-electron chi connectivity index (χ2n) is 7.28. The third kappa shape index (κ3) is 11.3. The summed E-state index contributed by atoms with van der Waals surface area (Å²) in [6, 6.07) is 3.08. The Kier molecular flexibility index (Phi) is 13.3. The van der Waals surface area contributed by atoms with Crippen molar-refractivity contribution in [3.8, 4) is 5.75 Å². The molecule has 0 saturated carbocycles. The van der Waals surface area contributed by atoms with Gasteiger partial charge in [-0.2, -0.15) is 23.5 Å². The normalized spacial score (nSPS) is 13.4. The lowest BCUT2D eigenvalue weighted by molar-refractivity contribution is -0.142. The number of rotatable bonds is 15. The second kappa shape index (κ2) is 15.4. The molecule has 3 atom stereocenters. The van der Waals surface area contributed by atoms with Crippen LogP contribution in [0.15, 0.2) is 24.3 Å². The zero-order valence-electron chi connectivity index (χ0n) is 18.7. The Morgan fingerprint density at radius 1 is 0.939 bits per heavy atom. The standard InChI is InChI=1S/C21H32N4O6S2/c1-32-9-7-15(22)19(28)23-12-18(27)24-16(8-10-33-2)20(29)25-17(21(30)31)11-13-3-5-14(26)6-4-13/h3-6,15-17,26H,7-12,22H2,1-2H3,(H,23,28)(H,24,27)(H,25,29)(H,30,31). The number of hydrogen-bond acceptors (Lipinski definition) is 8. The predicted molar refractivity (Wildman–Crippen MR) is 130 cm³/mol. The van der Waals surface area contributed by atoms with Crippen molar-refractivity contribution in [1.29, 1.82) is 0 Å². The van der Waals surface area contributed by atoms with Crippen LogP contribution in [0.5, 0.6) is 5.75 Å². The van der Waals surface area contributed by atoms with Crippen LogP contribution in [0.3, 0.4) is 0 Å². The van der Waals surface area contributed by atoms with Crippen molar-refractivity contribution in [2.45, 2.75) is 37.4 Å². The molecule has 0 fully saturated rings. The Morgan fingerprint density at radius 2 is 1.55 bits per heavy atom. The van der Waals surface area contributed by atoms with E-state index in [1.54, 1.807) is 23.9 Å². The molecular formula is C21H32N4O6S2. The first-order valence-electron chi connectivity index (χ1n) is 10.3. The molecule has 0 heterocycles. The quantitative estimate of drug-likeness (QED) is 0.193. The van der Waals surface area contributed by atoms with Crippen LogP contribution in [0.2, 0.25) is 0 Å². The van der Waals surface area contributed by atoms with Crippen LogP contribution in [0.4, 0.5) is 0 Å². The molecule has 3 unspecified atom stereocenters. The van der Waals surface area contributed by atoms with Gasteiger partial charge in [0.15, 0.2) is 0 Å². The number of aliphatic carboxylic acids is 1. The molecule has 0 aliphatic heterocycles. The van der Waals surface area contributed by atoms with Gasteiger partial charge in [-0.1, -0.05) is 12.1 Å². The van der Waals surface area contributed by atoms with E-state index in [1.165, 1.54) is 23.9 Å². The molecule has 0 spiro atoms. The van der Waals surface area contributed by atoms with E-state index in [9.17, 15) is 29.4 Å². The molecule has 0 aliphatic rings. The number of phenols is 1. The van der Waals surface area contributed by atoms with E-state index in [0.717, 1.165) is 0 Å². The maximum absolute atomic E-state index is 12.8. The highest BCUT2D eigenvalue weighted by molar-refractivity contribution is 7.98. The van der Waals surface area contributed by atoms with E-state index >= 15 is 0 Å². The number of carboxylic acid groups (broad SMARTS) is 1. The van der Waals surface area contributed by atoms with Gasteiger partial charge in [0.2, 0.25) is 17.7 Å². The topological polar surface area (TPSA) is 171 Å². The van der Waals surface area contributed by atoms with Gasteiger partial charge in [0.1, 0.15) is 17.8 Å². The molecule has 184 valence electrons. The highest BCUT2D eigenvalue weighted by Gasteiger charge is 2.27. The summed E-state index contributed by atoms with van der Waals surface area (Å²) in [6.45, 7) is -0.343. The first kappa shape index (κ1) is 28.6. The fourth-order valence-corrected chi connectivity index (χ4v) is 3.73. The number of carbonyl (C=O) groups is 4. The van der Waals surface area contributed by atoms with Crippen LogP contribution in [-0.4, -0.2) is 82.6 Å². The summed E-state index contributed by atoms with van der Waals surface area (Å²) in [4.78, 5) is 48.7. The van der Waals surface area contributed by atoms with Crippen molar-refractivity contribution in [2.24, 2.45) is 5.73 Å². The van der Waals surface area contributed by atoms with E-state index in [0.29, 0.717) is 23.5 Å². The number of carboxylic acids is 1. The minimum atomic E-state index is -1.22. The summed E-state index contributed by atoms with van der Waals surface area (Å²) >= 11 is 3.03. The Balaban J connectivity index is 2.71. The van der Waals surface area contributed by atoms with Crippen LogP contribution in [0, 0.1) is 0 Å². The molecule has 12 heteroatoms. The molecule has 7 N–H and O–H groups in total. The van der Waals surface area contributed by atoms with Crippen LogP contribution >= 0.6 is 23.5 Å². The summed E-state index contributed by atoms with van der Waals surface area (Å²) in [5, 5.41) is 26.4. The van der Waals surface area contributed by atoms with Gasteiger partial charge in [0.25, 0.3) is 0 Å². The van der Waals surface area contributed by atoms with Crippen molar-refractivity contribution in [2.75, 3.05) is 30.6 Å². The van der Waals surface area contributed by atoms with Gasteiger partial charge in [0.05, 0.1) is 12.6 Å². The lowest BCUT2D eigenvalue weighted by Gasteiger charge is -2.22. The third-order valence-corrected chi connectivity index (χ3v) is 5.93. The molecule has 0 aliphatic carbocycles. The van der Waals surface area contributed by atoms with Gasteiger partial charge in [-0.25, -0.2) is 4.79 Å². The maximum Gasteiger partial charge on any atom is 0.326 e. The van der Waals surface area contributed by atoms with E-state index < -0.39 is 41.8 Å². The zero-order valence-corrected chi connectivity index (χ0v) is 20.3. The molecule has 0 saturated heterocycles. The number of aromatic hydroxyl groups is 1. The van der Waals surface area contributed by atoms with E-state index in [2.05, 4.69) is 16.0 Å². The second-order valence-corrected chi connectivity index (χ2v) is 9.25. The van der Waals surface area contributed by atoms with Crippen LogP contribution in [0.25, 0.3) is 0 Å². The largest absolute Gasteiger partial charge is 0.508 e. The van der Waals surface area contributed by atoms with Gasteiger partial charge < -0.3 is 31.9 Å². The molecule has 0 bridgehead atoms. The molecule has 33 heavy (non-hydrogen) atoms. The van der Waals surface area contributed by atoms with Gasteiger partial charge in [-0.3, -0.25) is 14.4 Å². The van der Waals surface area contributed by atoms with E-state index in [1.807, 2.05) is 12.5 Å². The number of phenolic OH excluding ortho intramolecular Hbond substituents is 1. The molecule has 1 rings (SSSR count). The average molecular weight is 501 g/mol. The molecule has 1 aromatic rings. The predicted octanol–water partition coefficient (Wildman–Crippen LogP) is -0.0614. The minimum absolute atomic E-state index is 0.00847. The molecule has 10 nitrogen and oxygen atoms in total. The van der Waals surface area contributed by atoms with Gasteiger partial charge in [-0.15, -0.1) is 0 Å². The Labute approximate surface area is 201 Å². The SMILES string of the molecule is CSCCC(N)C(=O)NCC(=O)NC(CCSC)C(=O)NC(Cc1ccc(O)cc1)C(=O)O. The summed E-state index contributed by atoms with van der Waals surface area (Å²) in [7, 11) is 0. The van der Waals surface area contributed by atoms with Crippen molar-refractivity contribution < 1.29 is 29.4 Å². The van der Waals surface area contributed by atoms with Crippen LogP contribution in [-0.2, 0) is 25.6 Å². The Bertz CT molecular complexity index is 793. The lowest BCUT2D eigenvalue weighted by atomic mass is 10.0. The summed E-state index contributed by atoms with van der Waals surface area (Å²) < 4.78 is 0. The number of carbonyl (C=O) groups excluding carboxylic acids is 3. The molecule has 0 aromatic heterocycles.